The smallest absolute Gasteiger partial charge is 0.257 e. The normalized spacial score (nSPS) is 25.1. The first kappa shape index (κ1) is 23.1. The van der Waals surface area contributed by atoms with Gasteiger partial charge in [-0.15, -0.1) is 0 Å². The number of hydrogen-bond acceptors (Lipinski definition) is 5. The molecule has 1 heterocycles. The maximum atomic E-state index is 13.2. The Kier molecular flexibility index (Phi) is 7.20. The quantitative estimate of drug-likeness (QED) is 0.794. The van der Waals surface area contributed by atoms with Crippen LogP contribution in [0.2, 0.25) is 0 Å². The van der Waals surface area contributed by atoms with Crippen molar-refractivity contribution in [1.82, 2.24) is 9.80 Å². The SMILES string of the molecule is CO[C@H]1CN(C)C(=O)c2cc(NC(C)=O)ccc2OC[C@@H](C)N(C(=O)C2CC2)C[C@H]1C. The zero-order valence-corrected chi connectivity index (χ0v) is 19.0. The first-order valence-corrected chi connectivity index (χ1v) is 10.8. The van der Waals surface area contributed by atoms with Crippen LogP contribution in [0, 0.1) is 11.8 Å². The summed E-state index contributed by atoms with van der Waals surface area (Å²) in [6.07, 6.45) is 1.66. The summed E-state index contributed by atoms with van der Waals surface area (Å²) in [7, 11) is 3.35. The number of carbonyl (C=O) groups is 3. The standard InChI is InChI=1S/C23H33N3O5/c1-14-11-26(22(28)17-6-7-17)15(2)13-31-20-9-8-18(24-16(3)27)10-19(20)23(29)25(4)12-21(14)30-5/h8-10,14-15,17,21H,6-7,11-13H2,1-5H3,(H,24,27)/t14-,15-,21+/m1/s1. The van der Waals surface area contributed by atoms with E-state index in [2.05, 4.69) is 5.32 Å². The summed E-state index contributed by atoms with van der Waals surface area (Å²) in [6.45, 7) is 6.63. The highest BCUT2D eigenvalue weighted by Gasteiger charge is 2.37. The number of carbonyl (C=O) groups excluding carboxylic acids is 3. The molecule has 8 nitrogen and oxygen atoms in total. The van der Waals surface area contributed by atoms with Gasteiger partial charge in [0, 0.05) is 51.7 Å². The fourth-order valence-electron chi connectivity index (χ4n) is 3.93. The Morgan fingerprint density at radius 1 is 1.19 bits per heavy atom. The van der Waals surface area contributed by atoms with E-state index in [1.807, 2.05) is 18.7 Å². The molecular weight excluding hydrogens is 398 g/mol. The van der Waals surface area contributed by atoms with Crippen molar-refractivity contribution < 1.29 is 23.9 Å². The minimum absolute atomic E-state index is 0.0370. The number of fused-ring (bicyclic) bond motifs is 1. The molecule has 0 radical (unpaired) electrons. The summed E-state index contributed by atoms with van der Waals surface area (Å²) >= 11 is 0. The number of nitrogens with one attached hydrogen (secondary N) is 1. The molecule has 8 heteroatoms. The number of methoxy groups -OCH3 is 1. The average molecular weight is 432 g/mol. The first-order valence-electron chi connectivity index (χ1n) is 10.8. The van der Waals surface area contributed by atoms with Crippen molar-refractivity contribution in [3.05, 3.63) is 23.8 Å². The third kappa shape index (κ3) is 5.55. The second-order valence-electron chi connectivity index (χ2n) is 8.75. The molecule has 0 bridgehead atoms. The minimum Gasteiger partial charge on any atom is -0.491 e. The number of benzene rings is 1. The molecule has 1 saturated carbocycles. The first-order chi connectivity index (χ1) is 14.7. The van der Waals surface area contributed by atoms with Crippen LogP contribution in [-0.4, -0.2) is 73.5 Å². The van der Waals surface area contributed by atoms with E-state index in [0.717, 1.165) is 12.8 Å². The third-order valence-electron chi connectivity index (χ3n) is 5.97. The van der Waals surface area contributed by atoms with Gasteiger partial charge in [-0.25, -0.2) is 0 Å². The summed E-state index contributed by atoms with van der Waals surface area (Å²) < 4.78 is 11.7. The van der Waals surface area contributed by atoms with Crippen molar-refractivity contribution in [1.29, 1.82) is 0 Å². The van der Waals surface area contributed by atoms with Gasteiger partial charge in [-0.05, 0) is 38.0 Å². The highest BCUT2D eigenvalue weighted by Crippen LogP contribution is 2.33. The lowest BCUT2D eigenvalue weighted by atomic mass is 10.0. The molecule has 170 valence electrons. The zero-order chi connectivity index (χ0) is 22.7. The molecule has 0 aromatic heterocycles. The molecule has 1 aromatic carbocycles. The lowest BCUT2D eigenvalue weighted by Gasteiger charge is -2.36. The van der Waals surface area contributed by atoms with Gasteiger partial charge in [0.2, 0.25) is 11.8 Å². The van der Waals surface area contributed by atoms with Gasteiger partial charge in [0.25, 0.3) is 5.91 Å². The van der Waals surface area contributed by atoms with Gasteiger partial charge in [0.15, 0.2) is 0 Å². The van der Waals surface area contributed by atoms with Crippen LogP contribution in [0.1, 0.15) is 44.0 Å². The van der Waals surface area contributed by atoms with Crippen LogP contribution in [0.4, 0.5) is 5.69 Å². The number of likely N-dealkylation sites (N-methyl/N-ethyl adjacent to an activating group) is 1. The molecule has 3 rings (SSSR count). The second kappa shape index (κ2) is 9.68. The highest BCUT2D eigenvalue weighted by molar-refractivity contribution is 5.99. The number of rotatable bonds is 3. The monoisotopic (exact) mass is 431 g/mol. The fraction of sp³-hybridized carbons (Fsp3) is 0.609. The number of anilines is 1. The molecule has 3 atom stereocenters. The largest absolute Gasteiger partial charge is 0.491 e. The van der Waals surface area contributed by atoms with Crippen molar-refractivity contribution in [3.63, 3.8) is 0 Å². The van der Waals surface area contributed by atoms with Gasteiger partial charge in [-0.1, -0.05) is 6.92 Å². The number of nitrogens with zero attached hydrogens (tertiary/aromatic N) is 2. The number of hydrogen-bond donors (Lipinski definition) is 1. The van der Waals surface area contributed by atoms with E-state index in [0.29, 0.717) is 30.1 Å². The third-order valence-corrected chi connectivity index (χ3v) is 5.97. The van der Waals surface area contributed by atoms with Crippen LogP contribution in [0.3, 0.4) is 0 Å². The summed E-state index contributed by atoms with van der Waals surface area (Å²) in [5.41, 5.74) is 0.892. The van der Waals surface area contributed by atoms with Crippen LogP contribution in [0.15, 0.2) is 18.2 Å². The molecule has 1 aromatic rings. The van der Waals surface area contributed by atoms with Gasteiger partial charge >= 0.3 is 0 Å². The Hall–Kier alpha value is -2.61. The highest BCUT2D eigenvalue weighted by atomic mass is 16.5. The summed E-state index contributed by atoms with van der Waals surface area (Å²) in [5, 5.41) is 2.71. The molecule has 1 aliphatic carbocycles. The molecule has 0 spiro atoms. The van der Waals surface area contributed by atoms with E-state index in [9.17, 15) is 14.4 Å². The van der Waals surface area contributed by atoms with Crippen LogP contribution >= 0.6 is 0 Å². The predicted molar refractivity (Wildman–Crippen MR) is 117 cm³/mol. The average Bonchev–Trinajstić information content (AvgIpc) is 3.57. The van der Waals surface area contributed by atoms with Crippen molar-refractivity contribution in [3.8, 4) is 5.75 Å². The minimum atomic E-state index is -0.224. The van der Waals surface area contributed by atoms with Crippen molar-refractivity contribution in [2.24, 2.45) is 11.8 Å². The van der Waals surface area contributed by atoms with Crippen LogP contribution in [-0.2, 0) is 14.3 Å². The Morgan fingerprint density at radius 2 is 1.90 bits per heavy atom. The van der Waals surface area contributed by atoms with E-state index in [4.69, 9.17) is 9.47 Å². The molecule has 0 unspecified atom stereocenters. The Bertz CT molecular complexity index is 839. The predicted octanol–water partition coefficient (Wildman–Crippen LogP) is 2.39. The second-order valence-corrected chi connectivity index (χ2v) is 8.75. The van der Waals surface area contributed by atoms with E-state index >= 15 is 0 Å². The van der Waals surface area contributed by atoms with E-state index in [1.54, 1.807) is 37.3 Å². The van der Waals surface area contributed by atoms with Crippen LogP contribution < -0.4 is 10.1 Å². The molecule has 3 amide bonds. The molecule has 1 fully saturated rings. The van der Waals surface area contributed by atoms with Crippen LogP contribution in [0.25, 0.3) is 0 Å². The topological polar surface area (TPSA) is 88.2 Å². The summed E-state index contributed by atoms with van der Waals surface area (Å²) in [6, 6.07) is 4.87. The van der Waals surface area contributed by atoms with E-state index in [1.165, 1.54) is 6.92 Å². The molecule has 1 aliphatic heterocycles. The Balaban J connectivity index is 1.95. The maximum absolute atomic E-state index is 13.2. The van der Waals surface area contributed by atoms with Gasteiger partial charge in [-0.3, -0.25) is 14.4 Å². The van der Waals surface area contributed by atoms with Crippen molar-refractivity contribution in [2.75, 3.05) is 39.2 Å². The summed E-state index contributed by atoms with van der Waals surface area (Å²) in [4.78, 5) is 41.2. The van der Waals surface area contributed by atoms with E-state index < -0.39 is 0 Å². The Labute approximate surface area is 183 Å². The number of amides is 3. The van der Waals surface area contributed by atoms with E-state index in [-0.39, 0.29) is 48.3 Å². The van der Waals surface area contributed by atoms with Gasteiger partial charge in [0.1, 0.15) is 12.4 Å². The van der Waals surface area contributed by atoms with Crippen molar-refractivity contribution in [2.45, 2.75) is 45.8 Å². The molecule has 1 N–H and O–H groups in total. The van der Waals surface area contributed by atoms with Gasteiger partial charge in [-0.2, -0.15) is 0 Å². The molecule has 31 heavy (non-hydrogen) atoms. The fourth-order valence-corrected chi connectivity index (χ4v) is 3.93. The van der Waals surface area contributed by atoms with Crippen LogP contribution in [0.5, 0.6) is 5.75 Å². The lowest BCUT2D eigenvalue weighted by Crippen LogP contribution is -2.49. The molecule has 0 saturated heterocycles. The number of ether oxygens (including phenoxy) is 2. The molecule has 2 aliphatic rings. The van der Waals surface area contributed by atoms with Gasteiger partial charge in [0.05, 0.1) is 17.7 Å². The van der Waals surface area contributed by atoms with Gasteiger partial charge < -0.3 is 24.6 Å². The molecular formula is C23H33N3O5. The lowest BCUT2D eigenvalue weighted by molar-refractivity contribution is -0.136. The summed E-state index contributed by atoms with van der Waals surface area (Å²) in [5.74, 6) is 0.316. The van der Waals surface area contributed by atoms with Crippen molar-refractivity contribution >= 4 is 23.4 Å². The zero-order valence-electron chi connectivity index (χ0n) is 19.0. The maximum Gasteiger partial charge on any atom is 0.257 e. The Morgan fingerprint density at radius 3 is 2.52 bits per heavy atom.